The molecule has 8 nitrogen and oxygen atoms in total. The van der Waals surface area contributed by atoms with Crippen LogP contribution in [0.4, 0.5) is 5.69 Å². The van der Waals surface area contributed by atoms with Crippen molar-refractivity contribution in [2.75, 3.05) is 19.5 Å². The first kappa shape index (κ1) is 19.1. The van der Waals surface area contributed by atoms with Crippen LogP contribution in [0.3, 0.4) is 0 Å². The second kappa shape index (κ2) is 8.04. The minimum atomic E-state index is -0.526. The van der Waals surface area contributed by atoms with Gasteiger partial charge < -0.3 is 19.8 Å². The van der Waals surface area contributed by atoms with Gasteiger partial charge in [-0.2, -0.15) is 9.97 Å². The Bertz CT molecular complexity index is 1280. The highest BCUT2D eigenvalue weighted by molar-refractivity contribution is 6.07. The third-order valence-electron chi connectivity index (χ3n) is 4.56. The summed E-state index contributed by atoms with van der Waals surface area (Å²) in [4.78, 5) is 37.1. The molecule has 2 aromatic carbocycles. The van der Waals surface area contributed by atoms with Gasteiger partial charge >= 0.3 is 6.01 Å². The van der Waals surface area contributed by atoms with E-state index in [2.05, 4.69) is 20.3 Å². The van der Waals surface area contributed by atoms with Gasteiger partial charge in [-0.25, -0.2) is 0 Å². The molecule has 1 amide bonds. The van der Waals surface area contributed by atoms with Crippen LogP contribution in [-0.2, 0) is 0 Å². The summed E-state index contributed by atoms with van der Waals surface area (Å²) in [7, 11) is 2.95. The minimum absolute atomic E-state index is 0.0151. The summed E-state index contributed by atoms with van der Waals surface area (Å²) < 4.78 is 10.3. The molecule has 30 heavy (non-hydrogen) atoms. The topological polar surface area (TPSA) is 106 Å². The molecule has 8 heteroatoms. The van der Waals surface area contributed by atoms with Gasteiger partial charge in [0.05, 0.1) is 25.6 Å². The molecule has 0 saturated heterocycles. The summed E-state index contributed by atoms with van der Waals surface area (Å²) in [6.07, 6.45) is 1.42. The molecule has 0 aliphatic rings. The fourth-order valence-electron chi connectivity index (χ4n) is 3.08. The second-order valence-electron chi connectivity index (χ2n) is 6.36. The van der Waals surface area contributed by atoms with Crippen molar-refractivity contribution >= 4 is 22.5 Å². The molecule has 0 radical (unpaired) electrons. The van der Waals surface area contributed by atoms with E-state index in [0.717, 1.165) is 0 Å². The van der Waals surface area contributed by atoms with Crippen molar-refractivity contribution in [2.45, 2.75) is 0 Å². The Kier molecular flexibility index (Phi) is 5.13. The molecule has 0 bridgehead atoms. The molecule has 4 rings (SSSR count). The van der Waals surface area contributed by atoms with Crippen LogP contribution in [0, 0.1) is 0 Å². The Labute approximate surface area is 171 Å². The number of fused-ring (bicyclic) bond motifs is 1. The number of anilines is 1. The van der Waals surface area contributed by atoms with Gasteiger partial charge in [0, 0.05) is 28.7 Å². The lowest BCUT2D eigenvalue weighted by molar-refractivity contribution is 0.102. The number of H-pyrrole nitrogens is 1. The highest BCUT2D eigenvalue weighted by Crippen LogP contribution is 2.29. The summed E-state index contributed by atoms with van der Waals surface area (Å²) in [6, 6.07) is 15.9. The molecule has 0 spiro atoms. The van der Waals surface area contributed by atoms with Crippen molar-refractivity contribution < 1.29 is 14.3 Å². The second-order valence-corrected chi connectivity index (χ2v) is 6.36. The number of hydrogen-bond acceptors (Lipinski definition) is 6. The SMILES string of the molecule is COc1cc(-c2ccccc2NC(=O)c2c[nH]c3ccccc3c2=O)nc(OC)n1. The van der Waals surface area contributed by atoms with Crippen LogP contribution < -0.4 is 20.2 Å². The van der Waals surface area contributed by atoms with Gasteiger partial charge in [0.2, 0.25) is 11.3 Å². The zero-order valence-corrected chi connectivity index (χ0v) is 16.3. The van der Waals surface area contributed by atoms with Crippen molar-refractivity contribution in [3.05, 3.63) is 76.6 Å². The van der Waals surface area contributed by atoms with Gasteiger partial charge in [0.25, 0.3) is 5.91 Å². The highest BCUT2D eigenvalue weighted by Gasteiger charge is 2.16. The van der Waals surface area contributed by atoms with Crippen molar-refractivity contribution in [3.63, 3.8) is 0 Å². The molecule has 4 aromatic rings. The zero-order chi connectivity index (χ0) is 21.1. The Hall–Kier alpha value is -4.20. The van der Waals surface area contributed by atoms with E-state index in [0.29, 0.717) is 33.7 Å². The third-order valence-corrected chi connectivity index (χ3v) is 4.56. The number of para-hydroxylation sites is 2. The van der Waals surface area contributed by atoms with E-state index in [-0.39, 0.29) is 17.0 Å². The van der Waals surface area contributed by atoms with Crippen molar-refractivity contribution in [3.8, 4) is 23.1 Å². The number of nitrogens with zero attached hydrogens (tertiary/aromatic N) is 2. The van der Waals surface area contributed by atoms with Crippen LogP contribution >= 0.6 is 0 Å². The number of methoxy groups -OCH3 is 2. The number of ether oxygens (including phenoxy) is 2. The Morgan fingerprint density at radius 2 is 1.77 bits per heavy atom. The predicted octanol–water partition coefficient (Wildman–Crippen LogP) is 3.25. The van der Waals surface area contributed by atoms with Gasteiger partial charge in [0.1, 0.15) is 5.56 Å². The maximum Gasteiger partial charge on any atom is 0.320 e. The largest absolute Gasteiger partial charge is 0.481 e. The van der Waals surface area contributed by atoms with Crippen LogP contribution in [0.2, 0.25) is 0 Å². The standard InChI is InChI=1S/C22H18N4O4/c1-29-19-11-18(25-22(26-19)30-2)13-7-3-6-10-17(13)24-21(28)15-12-23-16-9-5-4-8-14(16)20(15)27/h3-12H,1-2H3,(H,23,27)(H,24,28). The number of nitrogens with one attached hydrogen (secondary N) is 2. The molecule has 0 atom stereocenters. The van der Waals surface area contributed by atoms with Gasteiger partial charge in [-0.1, -0.05) is 30.3 Å². The molecule has 0 aliphatic heterocycles. The van der Waals surface area contributed by atoms with Crippen LogP contribution in [0.1, 0.15) is 10.4 Å². The number of amides is 1. The number of carbonyl (C=O) groups is 1. The van der Waals surface area contributed by atoms with E-state index in [1.165, 1.54) is 20.4 Å². The van der Waals surface area contributed by atoms with Crippen LogP contribution in [-0.4, -0.2) is 35.1 Å². The van der Waals surface area contributed by atoms with E-state index in [1.807, 2.05) is 12.1 Å². The summed E-state index contributed by atoms with van der Waals surface area (Å²) in [5.41, 5.74) is 1.95. The fraction of sp³-hybridized carbons (Fsp3) is 0.0909. The fourth-order valence-corrected chi connectivity index (χ4v) is 3.08. The lowest BCUT2D eigenvalue weighted by atomic mass is 10.1. The van der Waals surface area contributed by atoms with E-state index < -0.39 is 5.91 Å². The lowest BCUT2D eigenvalue weighted by Crippen LogP contribution is -2.22. The van der Waals surface area contributed by atoms with Gasteiger partial charge in [-0.05, 0) is 18.2 Å². The normalized spacial score (nSPS) is 10.6. The van der Waals surface area contributed by atoms with E-state index in [9.17, 15) is 9.59 Å². The molecule has 2 heterocycles. The van der Waals surface area contributed by atoms with Crippen LogP contribution in [0.25, 0.3) is 22.2 Å². The number of rotatable bonds is 5. The summed E-state index contributed by atoms with van der Waals surface area (Å²) in [5, 5.41) is 3.25. The first-order chi connectivity index (χ1) is 14.6. The Morgan fingerprint density at radius 3 is 2.57 bits per heavy atom. The molecule has 2 N–H and O–H groups in total. The van der Waals surface area contributed by atoms with Crippen molar-refractivity contribution in [1.29, 1.82) is 0 Å². The third kappa shape index (κ3) is 3.58. The van der Waals surface area contributed by atoms with Gasteiger partial charge in [-0.15, -0.1) is 0 Å². The zero-order valence-electron chi connectivity index (χ0n) is 16.3. The molecule has 150 valence electrons. The first-order valence-corrected chi connectivity index (χ1v) is 9.09. The monoisotopic (exact) mass is 402 g/mol. The smallest absolute Gasteiger partial charge is 0.320 e. The Morgan fingerprint density at radius 1 is 1.00 bits per heavy atom. The van der Waals surface area contributed by atoms with Gasteiger partial charge in [-0.3, -0.25) is 9.59 Å². The highest BCUT2D eigenvalue weighted by atomic mass is 16.5. The number of hydrogen-bond donors (Lipinski definition) is 2. The molecular formula is C22H18N4O4. The Balaban J connectivity index is 1.73. The van der Waals surface area contributed by atoms with E-state index >= 15 is 0 Å². The summed E-state index contributed by atoms with van der Waals surface area (Å²) >= 11 is 0. The molecule has 0 fully saturated rings. The van der Waals surface area contributed by atoms with Crippen LogP contribution in [0.15, 0.2) is 65.6 Å². The number of aromatic amines is 1. The molecular weight excluding hydrogens is 384 g/mol. The predicted molar refractivity (Wildman–Crippen MR) is 113 cm³/mol. The van der Waals surface area contributed by atoms with Gasteiger partial charge in [0.15, 0.2) is 0 Å². The molecule has 0 aliphatic carbocycles. The number of benzene rings is 2. The number of aromatic nitrogens is 3. The van der Waals surface area contributed by atoms with E-state index in [4.69, 9.17) is 9.47 Å². The summed E-state index contributed by atoms with van der Waals surface area (Å²) in [5.74, 6) is -0.202. The average molecular weight is 402 g/mol. The minimum Gasteiger partial charge on any atom is -0.481 e. The average Bonchev–Trinajstić information content (AvgIpc) is 2.79. The van der Waals surface area contributed by atoms with Crippen molar-refractivity contribution in [1.82, 2.24) is 15.0 Å². The first-order valence-electron chi connectivity index (χ1n) is 9.09. The molecule has 0 saturated carbocycles. The quantitative estimate of drug-likeness (QED) is 0.531. The number of pyridine rings is 1. The van der Waals surface area contributed by atoms with Crippen molar-refractivity contribution in [2.24, 2.45) is 0 Å². The van der Waals surface area contributed by atoms with E-state index in [1.54, 1.807) is 42.5 Å². The van der Waals surface area contributed by atoms with Crippen LogP contribution in [0.5, 0.6) is 11.9 Å². The lowest BCUT2D eigenvalue weighted by Gasteiger charge is -2.12. The molecule has 2 aromatic heterocycles. The summed E-state index contributed by atoms with van der Waals surface area (Å²) in [6.45, 7) is 0. The maximum atomic E-state index is 12.9. The number of carbonyl (C=O) groups excluding carboxylic acids is 1. The maximum absolute atomic E-state index is 12.9. The molecule has 0 unspecified atom stereocenters.